The van der Waals surface area contributed by atoms with Gasteiger partial charge in [0.05, 0.1) is 11.5 Å². The Balaban J connectivity index is 2.63. The molecule has 16 heavy (non-hydrogen) atoms. The highest BCUT2D eigenvalue weighted by Crippen LogP contribution is 2.17. The summed E-state index contributed by atoms with van der Waals surface area (Å²) in [6.45, 7) is 3.03. The highest BCUT2D eigenvalue weighted by molar-refractivity contribution is 5.39. The lowest BCUT2D eigenvalue weighted by Gasteiger charge is -2.12. The highest BCUT2D eigenvalue weighted by Gasteiger charge is 2.12. The van der Waals surface area contributed by atoms with Crippen molar-refractivity contribution in [1.82, 2.24) is 5.32 Å². The lowest BCUT2D eigenvalue weighted by Crippen LogP contribution is -2.29. The second kappa shape index (κ2) is 6.19. The molecule has 0 heterocycles. The van der Waals surface area contributed by atoms with Gasteiger partial charge in [-0.15, -0.1) is 0 Å². The number of rotatable bonds is 6. The van der Waals surface area contributed by atoms with E-state index in [-0.39, 0.29) is 16.7 Å². The topological polar surface area (TPSA) is 64.4 Å². The monoisotopic (exact) mass is 224 g/mol. The van der Waals surface area contributed by atoms with Crippen LogP contribution in [0, 0.1) is 10.1 Å². The predicted molar refractivity (Wildman–Crippen MR) is 61.3 cm³/mol. The van der Waals surface area contributed by atoms with Crippen molar-refractivity contribution in [3.05, 3.63) is 39.9 Å². The van der Waals surface area contributed by atoms with Gasteiger partial charge in [-0.25, -0.2) is 0 Å². The number of methoxy groups -OCH3 is 1. The predicted octanol–water partition coefficient (Wildman–Crippen LogP) is 1.72. The van der Waals surface area contributed by atoms with E-state index < -0.39 is 0 Å². The number of hydrogen-bond donors (Lipinski definition) is 1. The molecule has 0 saturated carbocycles. The van der Waals surface area contributed by atoms with Crippen LogP contribution in [0.5, 0.6) is 0 Å². The molecule has 88 valence electrons. The summed E-state index contributed by atoms with van der Waals surface area (Å²) in [6.07, 6.45) is 0. The van der Waals surface area contributed by atoms with Crippen molar-refractivity contribution in [3.63, 3.8) is 0 Å². The Kier molecular flexibility index (Phi) is 4.88. The molecule has 1 atom stereocenters. The van der Waals surface area contributed by atoms with Crippen LogP contribution in [0.3, 0.4) is 0 Å². The van der Waals surface area contributed by atoms with E-state index in [1.54, 1.807) is 25.3 Å². The zero-order valence-corrected chi connectivity index (χ0v) is 9.47. The molecule has 1 unspecified atom stereocenters. The number of nitrogens with one attached hydrogen (secondary N) is 1. The van der Waals surface area contributed by atoms with E-state index >= 15 is 0 Å². The van der Waals surface area contributed by atoms with Crippen LogP contribution in [-0.4, -0.2) is 24.7 Å². The summed E-state index contributed by atoms with van der Waals surface area (Å²) >= 11 is 0. The second-order valence-electron chi connectivity index (χ2n) is 3.62. The SMILES string of the molecule is COCC(C)NCc1ccccc1[N+](=O)[O-]. The number of benzene rings is 1. The van der Waals surface area contributed by atoms with Gasteiger partial charge < -0.3 is 10.1 Å². The maximum atomic E-state index is 10.7. The van der Waals surface area contributed by atoms with Gasteiger partial charge in [-0.2, -0.15) is 0 Å². The van der Waals surface area contributed by atoms with E-state index in [4.69, 9.17) is 4.74 Å². The lowest BCUT2D eigenvalue weighted by molar-refractivity contribution is -0.385. The summed E-state index contributed by atoms with van der Waals surface area (Å²) in [5.41, 5.74) is 0.843. The van der Waals surface area contributed by atoms with Crippen molar-refractivity contribution in [2.45, 2.75) is 19.5 Å². The number of nitro benzene ring substituents is 1. The molecule has 0 fully saturated rings. The van der Waals surface area contributed by atoms with Crippen LogP contribution in [0.4, 0.5) is 5.69 Å². The molecule has 0 bridgehead atoms. The van der Waals surface area contributed by atoms with Crippen LogP contribution >= 0.6 is 0 Å². The first-order valence-electron chi connectivity index (χ1n) is 5.09. The van der Waals surface area contributed by atoms with Crippen molar-refractivity contribution >= 4 is 5.69 Å². The van der Waals surface area contributed by atoms with Crippen LogP contribution in [0.15, 0.2) is 24.3 Å². The van der Waals surface area contributed by atoms with Gasteiger partial charge in [-0.3, -0.25) is 10.1 Å². The maximum Gasteiger partial charge on any atom is 0.273 e. The Bertz CT molecular complexity index is 355. The minimum absolute atomic E-state index is 0.152. The van der Waals surface area contributed by atoms with Gasteiger partial charge in [0.2, 0.25) is 0 Å². The molecule has 1 aromatic rings. The average molecular weight is 224 g/mol. The summed E-state index contributed by atoms with van der Waals surface area (Å²) in [5, 5.41) is 13.9. The number of para-hydroxylation sites is 1. The first-order valence-corrected chi connectivity index (χ1v) is 5.09. The fourth-order valence-corrected chi connectivity index (χ4v) is 1.43. The molecule has 5 heteroatoms. The summed E-state index contributed by atoms with van der Waals surface area (Å²) in [5.74, 6) is 0. The van der Waals surface area contributed by atoms with Crippen molar-refractivity contribution in [2.75, 3.05) is 13.7 Å². The first-order chi connectivity index (χ1) is 7.65. The number of ether oxygens (including phenoxy) is 1. The highest BCUT2D eigenvalue weighted by atomic mass is 16.6. The largest absolute Gasteiger partial charge is 0.383 e. The lowest BCUT2D eigenvalue weighted by atomic mass is 10.1. The molecule has 0 radical (unpaired) electrons. The van der Waals surface area contributed by atoms with Gasteiger partial charge in [0.15, 0.2) is 0 Å². The minimum atomic E-state index is -0.363. The normalized spacial score (nSPS) is 12.4. The van der Waals surface area contributed by atoms with E-state index in [2.05, 4.69) is 5.32 Å². The first kappa shape index (κ1) is 12.6. The molecule has 0 aliphatic carbocycles. The summed E-state index contributed by atoms with van der Waals surface area (Å²) in [4.78, 5) is 10.4. The number of nitro groups is 1. The van der Waals surface area contributed by atoms with Crippen molar-refractivity contribution in [2.24, 2.45) is 0 Å². The number of nitrogens with zero attached hydrogens (tertiary/aromatic N) is 1. The second-order valence-corrected chi connectivity index (χ2v) is 3.62. The molecular formula is C11H16N2O3. The van der Waals surface area contributed by atoms with E-state index in [0.29, 0.717) is 18.7 Å². The van der Waals surface area contributed by atoms with Crippen LogP contribution in [-0.2, 0) is 11.3 Å². The van der Waals surface area contributed by atoms with Gasteiger partial charge in [0, 0.05) is 31.3 Å². The van der Waals surface area contributed by atoms with E-state index in [1.807, 2.05) is 6.92 Å². The van der Waals surface area contributed by atoms with Gasteiger partial charge in [0.1, 0.15) is 0 Å². The summed E-state index contributed by atoms with van der Waals surface area (Å²) < 4.78 is 4.97. The van der Waals surface area contributed by atoms with Crippen molar-refractivity contribution in [1.29, 1.82) is 0 Å². The van der Waals surface area contributed by atoms with E-state index in [1.165, 1.54) is 6.07 Å². The Morgan fingerprint density at radius 2 is 2.19 bits per heavy atom. The molecule has 0 saturated heterocycles. The van der Waals surface area contributed by atoms with Gasteiger partial charge >= 0.3 is 0 Å². The van der Waals surface area contributed by atoms with Crippen LogP contribution in [0.25, 0.3) is 0 Å². The third-order valence-electron chi connectivity index (χ3n) is 2.25. The Morgan fingerprint density at radius 3 is 2.81 bits per heavy atom. The zero-order chi connectivity index (χ0) is 12.0. The quantitative estimate of drug-likeness (QED) is 0.590. The fourth-order valence-electron chi connectivity index (χ4n) is 1.43. The molecule has 0 aliphatic rings. The third-order valence-corrected chi connectivity index (χ3v) is 2.25. The molecular weight excluding hydrogens is 208 g/mol. The summed E-state index contributed by atoms with van der Waals surface area (Å²) in [6, 6.07) is 6.90. The fraction of sp³-hybridized carbons (Fsp3) is 0.455. The summed E-state index contributed by atoms with van der Waals surface area (Å²) in [7, 11) is 1.63. The third kappa shape index (κ3) is 3.60. The van der Waals surface area contributed by atoms with Crippen molar-refractivity contribution < 1.29 is 9.66 Å². The van der Waals surface area contributed by atoms with Crippen LogP contribution in [0.1, 0.15) is 12.5 Å². The molecule has 1 aromatic carbocycles. The maximum absolute atomic E-state index is 10.7. The van der Waals surface area contributed by atoms with E-state index in [0.717, 1.165) is 0 Å². The van der Waals surface area contributed by atoms with Gasteiger partial charge in [-0.05, 0) is 6.92 Å². The van der Waals surface area contributed by atoms with Gasteiger partial charge in [0.25, 0.3) is 5.69 Å². The molecule has 0 aliphatic heterocycles. The van der Waals surface area contributed by atoms with Gasteiger partial charge in [-0.1, -0.05) is 18.2 Å². The van der Waals surface area contributed by atoms with Crippen molar-refractivity contribution in [3.8, 4) is 0 Å². The Morgan fingerprint density at radius 1 is 1.50 bits per heavy atom. The molecule has 5 nitrogen and oxygen atoms in total. The Labute approximate surface area is 94.6 Å². The molecule has 0 aromatic heterocycles. The zero-order valence-electron chi connectivity index (χ0n) is 9.47. The molecule has 0 amide bonds. The van der Waals surface area contributed by atoms with Crippen LogP contribution in [0.2, 0.25) is 0 Å². The Hall–Kier alpha value is -1.46. The smallest absolute Gasteiger partial charge is 0.273 e. The average Bonchev–Trinajstić information content (AvgIpc) is 2.27. The minimum Gasteiger partial charge on any atom is -0.383 e. The number of hydrogen-bond acceptors (Lipinski definition) is 4. The van der Waals surface area contributed by atoms with E-state index in [9.17, 15) is 10.1 Å². The molecule has 0 spiro atoms. The molecule has 1 rings (SSSR count). The standard InChI is InChI=1S/C11H16N2O3/c1-9(8-16-2)12-7-10-5-3-4-6-11(10)13(14)15/h3-6,9,12H,7-8H2,1-2H3. The van der Waals surface area contributed by atoms with Crippen LogP contribution < -0.4 is 5.32 Å². The molecule has 1 N–H and O–H groups in total.